The van der Waals surface area contributed by atoms with E-state index in [-0.39, 0.29) is 12.7 Å². The summed E-state index contributed by atoms with van der Waals surface area (Å²) in [6, 6.07) is 5.21. The molecule has 1 aromatic heterocycles. The topological polar surface area (TPSA) is 69.4 Å². The second-order valence-electron chi connectivity index (χ2n) is 5.39. The van der Waals surface area contributed by atoms with Gasteiger partial charge in [0.15, 0.2) is 0 Å². The van der Waals surface area contributed by atoms with Crippen LogP contribution in [0.2, 0.25) is 10.0 Å². The predicted molar refractivity (Wildman–Crippen MR) is 85.3 cm³/mol. The summed E-state index contributed by atoms with van der Waals surface area (Å²) in [5.41, 5.74) is 0.700. The molecule has 1 N–H and O–H groups in total. The molecule has 0 spiro atoms. The van der Waals surface area contributed by atoms with Crippen molar-refractivity contribution in [2.24, 2.45) is 0 Å². The number of benzene rings is 1. The number of ether oxygens (including phenoxy) is 2. The third kappa shape index (κ3) is 3.67. The first-order valence-corrected chi connectivity index (χ1v) is 8.09. The van der Waals surface area contributed by atoms with Crippen LogP contribution in [-0.4, -0.2) is 39.2 Å². The van der Waals surface area contributed by atoms with Crippen molar-refractivity contribution in [3.05, 3.63) is 46.5 Å². The molecule has 0 saturated carbocycles. The molecule has 2 heterocycles. The Morgan fingerprint density at radius 1 is 1.39 bits per heavy atom. The van der Waals surface area contributed by atoms with Gasteiger partial charge in [-0.1, -0.05) is 29.3 Å². The van der Waals surface area contributed by atoms with Gasteiger partial charge < -0.3 is 14.6 Å². The zero-order valence-corrected chi connectivity index (χ0v) is 13.9. The lowest BCUT2D eigenvalue weighted by Crippen LogP contribution is -2.34. The number of aliphatic hydroxyl groups excluding tert-OH is 1. The van der Waals surface area contributed by atoms with E-state index in [2.05, 4.69) is 10.1 Å². The Hall–Kier alpha value is -1.18. The van der Waals surface area contributed by atoms with Gasteiger partial charge in [0.25, 0.3) is 0 Å². The molecule has 23 heavy (non-hydrogen) atoms. The second-order valence-corrected chi connectivity index (χ2v) is 6.23. The van der Waals surface area contributed by atoms with Crippen molar-refractivity contribution >= 4 is 23.2 Å². The average molecular weight is 358 g/mol. The van der Waals surface area contributed by atoms with Gasteiger partial charge in [-0.05, 0) is 25.0 Å². The Bertz CT molecular complexity index is 653. The monoisotopic (exact) mass is 357 g/mol. The highest BCUT2D eigenvalue weighted by molar-refractivity contribution is 6.35. The first kappa shape index (κ1) is 16.7. The Kier molecular flexibility index (Phi) is 5.18. The lowest BCUT2D eigenvalue weighted by molar-refractivity contribution is -0.189. The van der Waals surface area contributed by atoms with Gasteiger partial charge in [-0.25, -0.2) is 9.67 Å². The molecule has 3 rings (SSSR count). The smallest absolute Gasteiger partial charge is 0.217 e. The number of hydrogen-bond donors (Lipinski definition) is 1. The summed E-state index contributed by atoms with van der Waals surface area (Å²) in [6.45, 7) is 0.870. The second kappa shape index (κ2) is 7.15. The molecule has 1 aromatic carbocycles. The fraction of sp³-hybridized carbons (Fsp3) is 0.467. The first-order valence-electron chi connectivity index (χ1n) is 7.33. The molecule has 0 radical (unpaired) electrons. The number of hydrogen-bond acceptors (Lipinski definition) is 5. The molecule has 1 aliphatic rings. The van der Waals surface area contributed by atoms with E-state index in [4.69, 9.17) is 37.8 Å². The summed E-state index contributed by atoms with van der Waals surface area (Å²) in [5.74, 6) is -1.05. The van der Waals surface area contributed by atoms with Crippen molar-refractivity contribution in [2.75, 3.05) is 13.2 Å². The average Bonchev–Trinajstić information content (AvgIpc) is 3.16. The number of aromatic nitrogens is 3. The Labute approximate surface area is 143 Å². The van der Waals surface area contributed by atoms with Crippen LogP contribution in [0.1, 0.15) is 18.4 Å². The highest BCUT2D eigenvalue weighted by atomic mass is 35.5. The van der Waals surface area contributed by atoms with Gasteiger partial charge >= 0.3 is 0 Å². The summed E-state index contributed by atoms with van der Waals surface area (Å²) in [5, 5.41) is 14.1. The molecule has 0 amide bonds. The zero-order chi connectivity index (χ0) is 16.3. The Morgan fingerprint density at radius 2 is 2.26 bits per heavy atom. The largest absolute Gasteiger partial charge is 0.396 e. The van der Waals surface area contributed by atoms with E-state index >= 15 is 0 Å². The van der Waals surface area contributed by atoms with Gasteiger partial charge in [0.1, 0.15) is 19.2 Å². The summed E-state index contributed by atoms with van der Waals surface area (Å²) in [6.07, 6.45) is 4.30. The van der Waals surface area contributed by atoms with Gasteiger partial charge in [-0.2, -0.15) is 5.10 Å². The molecule has 0 aliphatic carbocycles. The minimum Gasteiger partial charge on any atom is -0.396 e. The maximum absolute atomic E-state index is 9.00. The first-order chi connectivity index (χ1) is 11.1. The normalized spacial score (nSPS) is 24.2. The zero-order valence-electron chi connectivity index (χ0n) is 12.4. The Morgan fingerprint density at radius 3 is 2.96 bits per heavy atom. The Balaban J connectivity index is 1.91. The van der Waals surface area contributed by atoms with Gasteiger partial charge in [0.2, 0.25) is 5.79 Å². The lowest BCUT2D eigenvalue weighted by atomic mass is 10.1. The molecule has 1 fully saturated rings. The van der Waals surface area contributed by atoms with E-state index in [0.29, 0.717) is 41.6 Å². The molecule has 2 aromatic rings. The van der Waals surface area contributed by atoms with Crippen LogP contribution in [0.5, 0.6) is 0 Å². The van der Waals surface area contributed by atoms with E-state index in [1.807, 2.05) is 0 Å². The number of rotatable bonds is 6. The van der Waals surface area contributed by atoms with Crippen LogP contribution >= 0.6 is 23.2 Å². The summed E-state index contributed by atoms with van der Waals surface area (Å²) in [4.78, 5) is 3.95. The van der Waals surface area contributed by atoms with Crippen LogP contribution in [0.25, 0.3) is 0 Å². The van der Waals surface area contributed by atoms with Crippen LogP contribution in [0.15, 0.2) is 30.9 Å². The molecule has 0 bridgehead atoms. The molecule has 124 valence electrons. The van der Waals surface area contributed by atoms with E-state index < -0.39 is 5.79 Å². The summed E-state index contributed by atoms with van der Waals surface area (Å²) >= 11 is 12.3. The highest BCUT2D eigenvalue weighted by Crippen LogP contribution is 2.41. The number of aliphatic hydroxyl groups is 1. The quantitative estimate of drug-likeness (QED) is 0.860. The number of nitrogens with zero attached hydrogens (tertiary/aromatic N) is 3. The van der Waals surface area contributed by atoms with Crippen LogP contribution in [0.4, 0.5) is 0 Å². The lowest BCUT2D eigenvalue weighted by Gasteiger charge is -2.29. The predicted octanol–water partition coefficient (Wildman–Crippen LogP) is 2.63. The SMILES string of the molecule is OCCCC1COC(Cn2cncn2)(c2ccc(Cl)cc2Cl)O1. The van der Waals surface area contributed by atoms with Gasteiger partial charge in [0.05, 0.1) is 17.7 Å². The van der Waals surface area contributed by atoms with Crippen LogP contribution < -0.4 is 0 Å². The van der Waals surface area contributed by atoms with Gasteiger partial charge in [0, 0.05) is 17.2 Å². The molecule has 8 heteroatoms. The van der Waals surface area contributed by atoms with Crippen molar-refractivity contribution < 1.29 is 14.6 Å². The maximum Gasteiger partial charge on any atom is 0.217 e. The molecule has 2 unspecified atom stereocenters. The van der Waals surface area contributed by atoms with E-state index in [9.17, 15) is 0 Å². The minimum absolute atomic E-state index is 0.114. The molecular weight excluding hydrogens is 341 g/mol. The van der Waals surface area contributed by atoms with Crippen LogP contribution in [0, 0.1) is 0 Å². The van der Waals surface area contributed by atoms with Crippen molar-refractivity contribution in [3.63, 3.8) is 0 Å². The third-order valence-corrected chi connectivity index (χ3v) is 4.27. The third-order valence-electron chi connectivity index (χ3n) is 3.72. The molecule has 6 nitrogen and oxygen atoms in total. The number of halogens is 2. The summed E-state index contributed by atoms with van der Waals surface area (Å²) < 4.78 is 13.8. The van der Waals surface area contributed by atoms with Crippen LogP contribution in [-0.2, 0) is 21.8 Å². The fourth-order valence-corrected chi connectivity index (χ4v) is 3.21. The molecular formula is C15H17Cl2N3O3. The summed E-state index contributed by atoms with van der Waals surface area (Å²) in [7, 11) is 0. The van der Waals surface area contributed by atoms with Gasteiger partial charge in [-0.15, -0.1) is 0 Å². The van der Waals surface area contributed by atoms with E-state index in [0.717, 1.165) is 0 Å². The van der Waals surface area contributed by atoms with E-state index in [1.165, 1.54) is 6.33 Å². The van der Waals surface area contributed by atoms with Crippen molar-refractivity contribution in [1.29, 1.82) is 0 Å². The molecule has 1 saturated heterocycles. The highest BCUT2D eigenvalue weighted by Gasteiger charge is 2.45. The standard InChI is InChI=1S/C15H17Cl2N3O3/c16-11-3-4-13(14(17)6-11)15(8-20-10-18-9-19-20)22-7-12(23-15)2-1-5-21/h3-4,6,9-10,12,21H,1-2,5,7-8H2. The molecule has 2 atom stereocenters. The van der Waals surface area contributed by atoms with Crippen molar-refractivity contribution in [1.82, 2.24) is 14.8 Å². The van der Waals surface area contributed by atoms with Crippen molar-refractivity contribution in [2.45, 2.75) is 31.3 Å². The minimum atomic E-state index is -1.05. The van der Waals surface area contributed by atoms with Gasteiger partial charge in [-0.3, -0.25) is 0 Å². The molecule has 1 aliphatic heterocycles. The fourth-order valence-electron chi connectivity index (χ4n) is 2.66. The van der Waals surface area contributed by atoms with Crippen molar-refractivity contribution in [3.8, 4) is 0 Å². The maximum atomic E-state index is 9.00. The van der Waals surface area contributed by atoms with Crippen LogP contribution in [0.3, 0.4) is 0 Å². The van der Waals surface area contributed by atoms with E-state index in [1.54, 1.807) is 29.2 Å².